The Bertz CT molecular complexity index is 490. The van der Waals surface area contributed by atoms with E-state index in [-0.39, 0.29) is 6.61 Å². The summed E-state index contributed by atoms with van der Waals surface area (Å²) in [6.45, 7) is 1.77. The van der Waals surface area contributed by atoms with E-state index in [1.165, 1.54) is 20.3 Å². The average Bonchev–Trinajstić information content (AvgIpc) is 2.51. The minimum atomic E-state index is -1.33. The third kappa shape index (κ3) is 4.09. The van der Waals surface area contributed by atoms with E-state index >= 15 is 0 Å². The highest BCUT2D eigenvalue weighted by atomic mass is 16.5. The van der Waals surface area contributed by atoms with Gasteiger partial charge in [0.1, 0.15) is 17.6 Å². The molecule has 0 aliphatic heterocycles. The lowest BCUT2D eigenvalue weighted by molar-refractivity contribution is -0.149. The number of methoxy groups -OCH3 is 2. The van der Waals surface area contributed by atoms with Crippen molar-refractivity contribution >= 4 is 12.4 Å². The molecular weight excluding hydrogens is 278 g/mol. The van der Waals surface area contributed by atoms with Crippen molar-refractivity contribution in [1.82, 2.24) is 5.32 Å². The van der Waals surface area contributed by atoms with Crippen molar-refractivity contribution in [2.24, 2.45) is 0 Å². The van der Waals surface area contributed by atoms with Gasteiger partial charge in [-0.3, -0.25) is 4.79 Å². The summed E-state index contributed by atoms with van der Waals surface area (Å²) in [7, 11) is 2.91. The zero-order chi connectivity index (χ0) is 15.8. The van der Waals surface area contributed by atoms with Crippen LogP contribution in [0.1, 0.15) is 18.6 Å². The van der Waals surface area contributed by atoms with E-state index in [0.717, 1.165) is 0 Å². The second-order valence-corrected chi connectivity index (χ2v) is 4.07. The van der Waals surface area contributed by atoms with Crippen molar-refractivity contribution in [2.75, 3.05) is 20.8 Å². The molecule has 1 rings (SSSR count). The van der Waals surface area contributed by atoms with Gasteiger partial charge in [-0.25, -0.2) is 4.79 Å². The van der Waals surface area contributed by atoms with Gasteiger partial charge in [0, 0.05) is 5.56 Å². The third-order valence-electron chi connectivity index (χ3n) is 2.86. The number of nitrogens with one attached hydrogen (secondary N) is 1. The number of aliphatic hydroxyl groups is 1. The van der Waals surface area contributed by atoms with E-state index in [0.29, 0.717) is 23.5 Å². The Morgan fingerprint density at radius 1 is 1.38 bits per heavy atom. The van der Waals surface area contributed by atoms with Gasteiger partial charge in [0.25, 0.3) is 0 Å². The van der Waals surface area contributed by atoms with Gasteiger partial charge < -0.3 is 24.6 Å². The highest BCUT2D eigenvalue weighted by Gasteiger charge is 2.31. The summed E-state index contributed by atoms with van der Waals surface area (Å²) in [5.41, 5.74) is 0.309. The molecule has 1 aromatic rings. The fourth-order valence-electron chi connectivity index (χ4n) is 1.84. The van der Waals surface area contributed by atoms with Gasteiger partial charge in [0.05, 0.1) is 20.8 Å². The Morgan fingerprint density at radius 3 is 2.62 bits per heavy atom. The predicted molar refractivity (Wildman–Crippen MR) is 74.1 cm³/mol. The zero-order valence-electron chi connectivity index (χ0n) is 12.2. The smallest absolute Gasteiger partial charge is 0.331 e. The first-order valence-corrected chi connectivity index (χ1v) is 6.35. The van der Waals surface area contributed by atoms with Crippen LogP contribution in [0.25, 0.3) is 0 Å². The molecule has 21 heavy (non-hydrogen) atoms. The standard InChI is InChI=1S/C14H19NO6/c1-4-21-14(18)12(15-8-16)13(17)10-7-9(19-2)5-6-11(10)20-3/h5-8,12-13,17H,4H2,1-3H3,(H,15,16). The van der Waals surface area contributed by atoms with Crippen LogP contribution >= 0.6 is 0 Å². The topological polar surface area (TPSA) is 94.1 Å². The summed E-state index contributed by atoms with van der Waals surface area (Å²) in [6.07, 6.45) is -1.00. The quantitative estimate of drug-likeness (QED) is 0.533. The van der Waals surface area contributed by atoms with Crippen LogP contribution in [0.2, 0.25) is 0 Å². The molecule has 7 heteroatoms. The molecule has 2 N–H and O–H groups in total. The van der Waals surface area contributed by atoms with Crippen LogP contribution in [0.5, 0.6) is 11.5 Å². The Kier molecular flexibility index (Phi) is 6.48. The second-order valence-electron chi connectivity index (χ2n) is 4.07. The molecule has 2 unspecified atom stereocenters. The summed E-state index contributed by atoms with van der Waals surface area (Å²) in [4.78, 5) is 22.5. The van der Waals surface area contributed by atoms with Crippen LogP contribution in [-0.2, 0) is 14.3 Å². The van der Waals surface area contributed by atoms with E-state index in [1.54, 1.807) is 19.1 Å². The summed E-state index contributed by atoms with van der Waals surface area (Å²) in [6, 6.07) is 3.55. The SMILES string of the molecule is CCOC(=O)C(NC=O)C(O)c1cc(OC)ccc1OC. The van der Waals surface area contributed by atoms with Crippen molar-refractivity contribution in [3.05, 3.63) is 23.8 Å². The van der Waals surface area contributed by atoms with Crippen LogP contribution in [0, 0.1) is 0 Å². The number of benzene rings is 1. The molecule has 0 saturated heterocycles. The molecule has 0 heterocycles. The van der Waals surface area contributed by atoms with E-state index in [4.69, 9.17) is 14.2 Å². The summed E-state index contributed by atoms with van der Waals surface area (Å²) >= 11 is 0. The molecule has 7 nitrogen and oxygen atoms in total. The van der Waals surface area contributed by atoms with Crippen molar-refractivity contribution in [1.29, 1.82) is 0 Å². The van der Waals surface area contributed by atoms with Gasteiger partial charge in [0.15, 0.2) is 6.04 Å². The number of carbonyl (C=O) groups is 2. The molecule has 0 fully saturated rings. The van der Waals surface area contributed by atoms with Crippen molar-refractivity contribution in [3.8, 4) is 11.5 Å². The number of amides is 1. The summed E-state index contributed by atoms with van der Waals surface area (Å²) in [5, 5.41) is 12.6. The van der Waals surface area contributed by atoms with Crippen LogP contribution in [-0.4, -0.2) is 44.4 Å². The number of ether oxygens (including phenoxy) is 3. The summed E-state index contributed by atoms with van der Waals surface area (Å²) < 4.78 is 15.1. The van der Waals surface area contributed by atoms with E-state index < -0.39 is 18.1 Å². The molecule has 0 aromatic heterocycles. The molecular formula is C14H19NO6. The first-order valence-electron chi connectivity index (χ1n) is 6.35. The minimum Gasteiger partial charge on any atom is -0.497 e. The van der Waals surface area contributed by atoms with Gasteiger partial charge in [-0.2, -0.15) is 0 Å². The lowest BCUT2D eigenvalue weighted by Crippen LogP contribution is -2.42. The number of aliphatic hydroxyl groups excluding tert-OH is 1. The van der Waals surface area contributed by atoms with Gasteiger partial charge >= 0.3 is 5.97 Å². The van der Waals surface area contributed by atoms with Gasteiger partial charge in [0.2, 0.25) is 6.41 Å². The second kappa shape index (κ2) is 8.11. The molecule has 2 atom stereocenters. The fourth-order valence-corrected chi connectivity index (χ4v) is 1.84. The van der Waals surface area contributed by atoms with E-state index in [1.807, 2.05) is 0 Å². The molecule has 0 spiro atoms. The first-order chi connectivity index (χ1) is 10.1. The lowest BCUT2D eigenvalue weighted by atomic mass is 10.0. The molecule has 0 aliphatic carbocycles. The molecule has 0 radical (unpaired) electrons. The van der Waals surface area contributed by atoms with Crippen molar-refractivity contribution < 1.29 is 28.9 Å². The maximum Gasteiger partial charge on any atom is 0.331 e. The number of esters is 1. The van der Waals surface area contributed by atoms with Gasteiger partial charge in [-0.15, -0.1) is 0 Å². The minimum absolute atomic E-state index is 0.137. The average molecular weight is 297 g/mol. The molecule has 0 bridgehead atoms. The van der Waals surface area contributed by atoms with Gasteiger partial charge in [-0.1, -0.05) is 0 Å². The Labute approximate surface area is 122 Å². The molecule has 1 aromatic carbocycles. The highest BCUT2D eigenvalue weighted by molar-refractivity contribution is 5.79. The molecule has 1 amide bonds. The lowest BCUT2D eigenvalue weighted by Gasteiger charge is -2.22. The number of hydrogen-bond donors (Lipinski definition) is 2. The monoisotopic (exact) mass is 297 g/mol. The maximum absolute atomic E-state index is 11.8. The Hall–Kier alpha value is -2.28. The molecule has 0 saturated carbocycles. The van der Waals surface area contributed by atoms with Crippen molar-refractivity contribution in [2.45, 2.75) is 19.1 Å². The molecule has 0 aliphatic rings. The van der Waals surface area contributed by atoms with Crippen molar-refractivity contribution in [3.63, 3.8) is 0 Å². The molecule has 116 valence electrons. The number of rotatable bonds is 8. The summed E-state index contributed by atoms with van der Waals surface area (Å²) in [5.74, 6) is 0.117. The predicted octanol–water partition coefficient (Wildman–Crippen LogP) is 0.415. The normalized spacial score (nSPS) is 13.0. The largest absolute Gasteiger partial charge is 0.497 e. The number of carbonyl (C=O) groups excluding carboxylic acids is 2. The van der Waals surface area contributed by atoms with Crippen LogP contribution in [0.15, 0.2) is 18.2 Å². The van der Waals surface area contributed by atoms with Crippen LogP contribution in [0.4, 0.5) is 0 Å². The first kappa shape index (κ1) is 16.8. The number of hydrogen-bond acceptors (Lipinski definition) is 6. The van der Waals surface area contributed by atoms with Crippen LogP contribution < -0.4 is 14.8 Å². The Balaban J connectivity index is 3.14. The third-order valence-corrected chi connectivity index (χ3v) is 2.86. The van der Waals surface area contributed by atoms with E-state index in [2.05, 4.69) is 5.32 Å². The zero-order valence-corrected chi connectivity index (χ0v) is 12.2. The highest BCUT2D eigenvalue weighted by Crippen LogP contribution is 2.31. The van der Waals surface area contributed by atoms with Crippen LogP contribution in [0.3, 0.4) is 0 Å². The van der Waals surface area contributed by atoms with E-state index in [9.17, 15) is 14.7 Å². The Morgan fingerprint density at radius 2 is 2.10 bits per heavy atom. The maximum atomic E-state index is 11.8. The fraction of sp³-hybridized carbons (Fsp3) is 0.429. The van der Waals surface area contributed by atoms with Gasteiger partial charge in [-0.05, 0) is 25.1 Å².